The summed E-state index contributed by atoms with van der Waals surface area (Å²) < 4.78 is 0. The molecule has 0 aromatic rings. The third-order valence-corrected chi connectivity index (χ3v) is 2.81. The Labute approximate surface area is 116 Å². The van der Waals surface area contributed by atoms with Crippen LogP contribution in [0, 0.1) is 0 Å². The van der Waals surface area contributed by atoms with Crippen molar-refractivity contribution in [2.45, 2.75) is 77.6 Å². The quantitative estimate of drug-likeness (QED) is 0.555. The van der Waals surface area contributed by atoms with Crippen molar-refractivity contribution in [2.24, 2.45) is 5.73 Å². The lowest BCUT2D eigenvalue weighted by Gasteiger charge is -2.01. The average Bonchev–Trinajstić information content (AvgIpc) is 2.31. The van der Waals surface area contributed by atoms with E-state index < -0.39 is 0 Å². The molecule has 0 radical (unpaired) electrons. The fourth-order valence-electron chi connectivity index (χ4n) is 1.81. The Hall–Kier alpha value is -0.0800. The van der Waals surface area contributed by atoms with E-state index in [-0.39, 0.29) is 0 Å². The van der Waals surface area contributed by atoms with Crippen molar-refractivity contribution >= 4 is 0 Å². The second kappa shape index (κ2) is 19.3. The van der Waals surface area contributed by atoms with Gasteiger partial charge in [-0.1, -0.05) is 71.1 Å². The maximum atomic E-state index is 5.44. The Bertz CT molecular complexity index is 110. The summed E-state index contributed by atoms with van der Waals surface area (Å²) in [6.07, 6.45) is 15.4. The van der Waals surface area contributed by atoms with Crippen molar-refractivity contribution < 1.29 is 0 Å². The molecule has 0 spiro atoms. The molecular formula is C16H38N2. The van der Waals surface area contributed by atoms with Crippen LogP contribution in [0.25, 0.3) is 0 Å². The minimum atomic E-state index is 0.872. The number of hydrogen-bond donors (Lipinski definition) is 1. The van der Waals surface area contributed by atoms with Crippen LogP contribution in [0.15, 0.2) is 0 Å². The van der Waals surface area contributed by atoms with E-state index in [1.165, 1.54) is 70.6 Å². The molecule has 0 aromatic carbocycles. The van der Waals surface area contributed by atoms with E-state index in [1.807, 2.05) is 26.0 Å². The summed E-state index contributed by atoms with van der Waals surface area (Å²) in [5.74, 6) is 0. The third-order valence-electron chi connectivity index (χ3n) is 2.81. The van der Waals surface area contributed by atoms with Gasteiger partial charge in [-0.05, 0) is 34.1 Å². The van der Waals surface area contributed by atoms with Gasteiger partial charge in [-0.15, -0.1) is 0 Å². The smallest absolute Gasteiger partial charge is 0.00773 e. The zero-order valence-electron chi connectivity index (χ0n) is 13.5. The van der Waals surface area contributed by atoms with Gasteiger partial charge in [-0.3, -0.25) is 0 Å². The fraction of sp³-hybridized carbons (Fsp3) is 1.00. The average molecular weight is 258 g/mol. The summed E-state index contributed by atoms with van der Waals surface area (Å²) in [6, 6.07) is 0. The molecule has 0 amide bonds. The summed E-state index contributed by atoms with van der Waals surface area (Å²) in [4.78, 5) is 2.00. The Kier molecular flexibility index (Phi) is 21.7. The second-order valence-electron chi connectivity index (χ2n) is 5.67. The molecule has 0 aliphatic heterocycles. The first-order valence-electron chi connectivity index (χ1n) is 7.96. The number of unbranched alkanes of at least 4 members (excludes halogenated alkanes) is 10. The van der Waals surface area contributed by atoms with E-state index in [9.17, 15) is 0 Å². The minimum absolute atomic E-state index is 0.872. The molecule has 18 heavy (non-hydrogen) atoms. The van der Waals surface area contributed by atoms with Gasteiger partial charge in [0.2, 0.25) is 0 Å². The lowest BCUT2D eigenvalue weighted by molar-refractivity contribution is 0.505. The van der Waals surface area contributed by atoms with Crippen LogP contribution in [-0.4, -0.2) is 32.6 Å². The summed E-state index contributed by atoms with van der Waals surface area (Å²) in [5.41, 5.74) is 5.44. The number of rotatable bonds is 11. The van der Waals surface area contributed by atoms with E-state index in [1.54, 1.807) is 0 Å². The Morgan fingerprint density at radius 2 is 0.889 bits per heavy atom. The van der Waals surface area contributed by atoms with Crippen LogP contribution in [0.1, 0.15) is 77.6 Å². The molecule has 0 saturated carbocycles. The van der Waals surface area contributed by atoms with Crippen LogP contribution in [0.4, 0.5) is 0 Å². The zero-order chi connectivity index (χ0) is 14.1. The number of nitrogens with two attached hydrogens (primary N) is 1. The molecule has 0 saturated heterocycles. The molecule has 0 aliphatic carbocycles. The molecule has 0 aliphatic rings. The summed E-state index contributed by atoms with van der Waals surface area (Å²) in [7, 11) is 6.00. The first kappa shape index (κ1) is 20.2. The molecule has 2 heteroatoms. The third kappa shape index (κ3) is 29.7. The zero-order valence-corrected chi connectivity index (χ0v) is 13.5. The molecule has 0 bridgehead atoms. The Balaban J connectivity index is 0. The standard InChI is InChI=1S/C13H29N.C3H9N/c1-2-3-4-5-6-7-8-9-10-11-12-13-14;1-4(2)3/h2-14H2,1H3;1-3H3. The van der Waals surface area contributed by atoms with E-state index in [4.69, 9.17) is 5.73 Å². The van der Waals surface area contributed by atoms with Crippen molar-refractivity contribution in [3.05, 3.63) is 0 Å². The number of nitrogens with zero attached hydrogens (tertiary/aromatic N) is 1. The molecule has 2 N–H and O–H groups in total. The summed E-state index contributed by atoms with van der Waals surface area (Å²) >= 11 is 0. The summed E-state index contributed by atoms with van der Waals surface area (Å²) in [5, 5.41) is 0. The normalized spacial score (nSPS) is 10.3. The number of hydrogen-bond acceptors (Lipinski definition) is 2. The minimum Gasteiger partial charge on any atom is -0.330 e. The van der Waals surface area contributed by atoms with Gasteiger partial charge < -0.3 is 10.6 Å². The molecule has 0 fully saturated rings. The van der Waals surface area contributed by atoms with Crippen LogP contribution in [0.3, 0.4) is 0 Å². The van der Waals surface area contributed by atoms with E-state index >= 15 is 0 Å². The van der Waals surface area contributed by atoms with Crippen LogP contribution in [-0.2, 0) is 0 Å². The largest absolute Gasteiger partial charge is 0.330 e. The first-order chi connectivity index (χ1) is 8.65. The lowest BCUT2D eigenvalue weighted by Crippen LogP contribution is -1.99. The topological polar surface area (TPSA) is 29.3 Å². The van der Waals surface area contributed by atoms with Gasteiger partial charge in [0, 0.05) is 0 Å². The van der Waals surface area contributed by atoms with E-state index in [0.717, 1.165) is 6.54 Å². The predicted octanol–water partition coefficient (Wildman–Crippen LogP) is 4.43. The van der Waals surface area contributed by atoms with Crippen molar-refractivity contribution in [1.82, 2.24) is 4.90 Å². The maximum absolute atomic E-state index is 5.44. The van der Waals surface area contributed by atoms with E-state index in [0.29, 0.717) is 0 Å². The lowest BCUT2D eigenvalue weighted by atomic mass is 10.1. The predicted molar refractivity (Wildman–Crippen MR) is 85.1 cm³/mol. The molecule has 0 aromatic heterocycles. The van der Waals surface area contributed by atoms with Crippen LogP contribution in [0.5, 0.6) is 0 Å². The van der Waals surface area contributed by atoms with Gasteiger partial charge in [-0.2, -0.15) is 0 Å². The van der Waals surface area contributed by atoms with Gasteiger partial charge in [0.1, 0.15) is 0 Å². The molecule has 0 atom stereocenters. The van der Waals surface area contributed by atoms with Crippen molar-refractivity contribution in [3.8, 4) is 0 Å². The monoisotopic (exact) mass is 258 g/mol. The maximum Gasteiger partial charge on any atom is -0.00773 e. The van der Waals surface area contributed by atoms with Gasteiger partial charge in [0.05, 0.1) is 0 Å². The molecular weight excluding hydrogens is 220 g/mol. The highest BCUT2D eigenvalue weighted by Crippen LogP contribution is 2.10. The highest BCUT2D eigenvalue weighted by molar-refractivity contribution is 4.47. The van der Waals surface area contributed by atoms with Crippen LogP contribution >= 0.6 is 0 Å². The van der Waals surface area contributed by atoms with E-state index in [2.05, 4.69) is 6.92 Å². The molecule has 0 unspecified atom stereocenters. The highest BCUT2D eigenvalue weighted by Gasteiger charge is 1.91. The molecule has 2 nitrogen and oxygen atoms in total. The molecule has 0 heterocycles. The SMILES string of the molecule is CCCCCCCCCCCCCN.CN(C)C. The Morgan fingerprint density at radius 1 is 0.611 bits per heavy atom. The first-order valence-corrected chi connectivity index (χ1v) is 7.96. The van der Waals surface area contributed by atoms with Crippen molar-refractivity contribution in [2.75, 3.05) is 27.7 Å². The second-order valence-corrected chi connectivity index (χ2v) is 5.67. The van der Waals surface area contributed by atoms with Crippen molar-refractivity contribution in [1.29, 1.82) is 0 Å². The molecule has 0 rings (SSSR count). The van der Waals surface area contributed by atoms with Crippen LogP contribution in [0.2, 0.25) is 0 Å². The highest BCUT2D eigenvalue weighted by atomic mass is 15.0. The van der Waals surface area contributed by atoms with Crippen LogP contribution < -0.4 is 5.73 Å². The van der Waals surface area contributed by atoms with Gasteiger partial charge >= 0.3 is 0 Å². The summed E-state index contributed by atoms with van der Waals surface area (Å²) in [6.45, 7) is 3.15. The van der Waals surface area contributed by atoms with Gasteiger partial charge in [0.15, 0.2) is 0 Å². The Morgan fingerprint density at radius 3 is 1.17 bits per heavy atom. The fourth-order valence-corrected chi connectivity index (χ4v) is 1.81. The van der Waals surface area contributed by atoms with Gasteiger partial charge in [-0.25, -0.2) is 0 Å². The molecule has 112 valence electrons. The van der Waals surface area contributed by atoms with Crippen molar-refractivity contribution in [3.63, 3.8) is 0 Å². The van der Waals surface area contributed by atoms with Gasteiger partial charge in [0.25, 0.3) is 0 Å².